The van der Waals surface area contributed by atoms with Crippen LogP contribution in [0.25, 0.3) is 0 Å². The maximum Gasteiger partial charge on any atom is 0.289 e. The van der Waals surface area contributed by atoms with Gasteiger partial charge >= 0.3 is 0 Å². The van der Waals surface area contributed by atoms with Crippen molar-refractivity contribution in [3.8, 4) is 0 Å². The van der Waals surface area contributed by atoms with Gasteiger partial charge in [0.05, 0.1) is 27.7 Å². The first kappa shape index (κ1) is 25.9. The first-order valence-electron chi connectivity index (χ1n) is 12.3. The van der Waals surface area contributed by atoms with E-state index in [1.54, 1.807) is 0 Å². The monoisotopic (exact) mass is 552 g/mol. The third kappa shape index (κ3) is 5.05. The van der Waals surface area contributed by atoms with Gasteiger partial charge in [-0.1, -0.05) is 23.2 Å². The molecule has 3 atom stereocenters. The number of ketones is 1. The van der Waals surface area contributed by atoms with Gasteiger partial charge < -0.3 is 21.3 Å². The fraction of sp³-hybridized carbons (Fsp3) is 0.560. The Morgan fingerprint density at radius 3 is 2.41 bits per heavy atom. The first-order valence-corrected chi connectivity index (χ1v) is 13.1. The number of hydrogen-bond donors (Lipinski definition) is 4. The van der Waals surface area contributed by atoms with Gasteiger partial charge in [-0.05, 0) is 64.0 Å². The average Bonchev–Trinajstić information content (AvgIpc) is 3.53. The second kappa shape index (κ2) is 9.23. The quantitative estimate of drug-likeness (QED) is 0.349. The van der Waals surface area contributed by atoms with Crippen molar-refractivity contribution in [1.82, 2.24) is 16.0 Å². The Hall–Kier alpha value is -2.72. The summed E-state index contributed by atoms with van der Waals surface area (Å²) in [4.78, 5) is 64.2. The van der Waals surface area contributed by atoms with E-state index in [9.17, 15) is 28.4 Å². The molecule has 1 saturated heterocycles. The summed E-state index contributed by atoms with van der Waals surface area (Å²) in [7, 11) is 0. The van der Waals surface area contributed by atoms with Gasteiger partial charge in [0.1, 0.15) is 5.67 Å². The number of Topliss-reactive ketones (excluding diaryl/α,β-unsaturated/α-hetero) is 1. The molecule has 0 spiro atoms. The minimum atomic E-state index is -1.29. The molecule has 12 heteroatoms. The second-order valence-corrected chi connectivity index (χ2v) is 11.8. The molecular formula is C25H27Cl2FN4O5. The lowest BCUT2D eigenvalue weighted by molar-refractivity contribution is -0.209. The highest BCUT2D eigenvalue weighted by Gasteiger charge is 2.72. The van der Waals surface area contributed by atoms with Crippen LogP contribution in [0.3, 0.4) is 0 Å². The zero-order valence-corrected chi connectivity index (χ0v) is 21.6. The molecule has 9 nitrogen and oxygen atoms in total. The molecule has 4 N–H and O–H groups in total. The van der Waals surface area contributed by atoms with E-state index >= 15 is 0 Å². The lowest BCUT2D eigenvalue weighted by Gasteiger charge is -2.64. The van der Waals surface area contributed by atoms with Crippen LogP contribution in [0.4, 0.5) is 10.1 Å². The number of halogens is 3. The predicted molar refractivity (Wildman–Crippen MR) is 133 cm³/mol. The van der Waals surface area contributed by atoms with E-state index in [1.165, 1.54) is 12.1 Å². The summed E-state index contributed by atoms with van der Waals surface area (Å²) >= 11 is 12.5. The van der Waals surface area contributed by atoms with Gasteiger partial charge in [-0.25, -0.2) is 4.39 Å². The highest BCUT2D eigenvalue weighted by Crippen LogP contribution is 2.69. The van der Waals surface area contributed by atoms with E-state index < -0.39 is 46.5 Å². The molecule has 4 aliphatic carbocycles. The van der Waals surface area contributed by atoms with Gasteiger partial charge in [-0.2, -0.15) is 0 Å². The van der Waals surface area contributed by atoms with Crippen LogP contribution in [-0.2, 0) is 19.2 Å². The zero-order chi connectivity index (χ0) is 26.7. The van der Waals surface area contributed by atoms with Crippen LogP contribution in [0.15, 0.2) is 12.1 Å². The molecule has 1 unspecified atom stereocenters. The normalized spacial score (nSPS) is 30.3. The maximum atomic E-state index is 14.0. The summed E-state index contributed by atoms with van der Waals surface area (Å²) < 4.78 is 14.0. The third-order valence-electron chi connectivity index (χ3n) is 7.66. The highest BCUT2D eigenvalue weighted by molar-refractivity contribution is 6.39. The highest BCUT2D eigenvalue weighted by atomic mass is 35.5. The van der Waals surface area contributed by atoms with Gasteiger partial charge in [0.15, 0.2) is 0 Å². The number of carbonyl (C=O) groups is 5. The maximum absolute atomic E-state index is 14.0. The molecule has 6 rings (SSSR count). The molecule has 37 heavy (non-hydrogen) atoms. The predicted octanol–water partition coefficient (Wildman–Crippen LogP) is 2.68. The summed E-state index contributed by atoms with van der Waals surface area (Å²) in [6, 6.07) is 1.17. The van der Waals surface area contributed by atoms with Crippen molar-refractivity contribution in [3.05, 3.63) is 27.7 Å². The lowest BCUT2D eigenvalue weighted by Crippen LogP contribution is -2.69. The lowest BCUT2D eigenvalue weighted by atomic mass is 9.42. The zero-order valence-electron chi connectivity index (χ0n) is 20.1. The molecule has 0 aromatic heterocycles. The number of benzene rings is 1. The Labute approximate surface area is 222 Å². The molecule has 1 aliphatic heterocycles. The van der Waals surface area contributed by atoms with Crippen molar-refractivity contribution in [2.24, 2.45) is 11.3 Å². The Morgan fingerprint density at radius 2 is 1.84 bits per heavy atom. The number of nitrogens with one attached hydrogen (secondary N) is 4. The third-order valence-corrected chi connectivity index (χ3v) is 8.18. The summed E-state index contributed by atoms with van der Waals surface area (Å²) in [6.45, 7) is 1.83. The van der Waals surface area contributed by atoms with E-state index in [4.69, 9.17) is 23.2 Å². The average molecular weight is 553 g/mol. The van der Waals surface area contributed by atoms with Crippen LogP contribution in [0.2, 0.25) is 10.0 Å². The van der Waals surface area contributed by atoms with Crippen LogP contribution in [-0.4, -0.2) is 53.2 Å². The van der Waals surface area contributed by atoms with Crippen molar-refractivity contribution in [2.75, 3.05) is 5.32 Å². The number of hydrogen-bond acceptors (Lipinski definition) is 5. The first-order chi connectivity index (χ1) is 17.4. The fourth-order valence-electron chi connectivity index (χ4n) is 5.58. The van der Waals surface area contributed by atoms with Crippen molar-refractivity contribution in [2.45, 2.75) is 75.7 Å². The summed E-state index contributed by atoms with van der Waals surface area (Å²) in [5, 5.41) is 10.7. The Morgan fingerprint density at radius 1 is 1.16 bits per heavy atom. The molecule has 4 saturated carbocycles. The smallest absolute Gasteiger partial charge is 0.289 e. The molecule has 198 valence electrons. The van der Waals surface area contributed by atoms with E-state index in [0.717, 1.165) is 12.8 Å². The van der Waals surface area contributed by atoms with Crippen molar-refractivity contribution in [1.29, 1.82) is 0 Å². The minimum Gasteiger partial charge on any atom is -0.353 e. The van der Waals surface area contributed by atoms with Gasteiger partial charge in [0.2, 0.25) is 17.6 Å². The minimum absolute atomic E-state index is 0.00842. The second-order valence-electron chi connectivity index (χ2n) is 10.9. The SMILES string of the molecule is C[C@@H]1C[C@@H](CC(NC(=O)c2cc(Cl)cc(Cl)c2NC(=O)C23CC(F)(C2)C3)C(=O)C(=O)NC2CC2)C(=O)N1. The van der Waals surface area contributed by atoms with Gasteiger partial charge in [0, 0.05) is 23.0 Å². The standard InChI is InChI=1S/C25H27Cl2FN4O5/c1-11-4-12(20(34)29-11)5-17(19(33)22(36)30-14-2-3-14)31-21(35)15-6-13(26)7-16(27)18(15)32-23(37)24-8-25(28,9-24)10-24/h6-7,11-12,14,17H,2-5,8-10H2,1H3,(H,29,34)(H,30,36)(H,31,35)(H,32,37)/t11-,12+,17?,24?,25?/m1/s1. The summed E-state index contributed by atoms with van der Waals surface area (Å²) in [5.74, 6) is -3.78. The molecule has 1 aromatic carbocycles. The molecule has 1 heterocycles. The Balaban J connectivity index is 1.37. The Bertz CT molecular complexity index is 1200. The number of carbonyl (C=O) groups excluding carboxylic acids is 5. The number of alkyl halides is 1. The summed E-state index contributed by atoms with van der Waals surface area (Å²) in [6.07, 6.45) is 2.27. The van der Waals surface area contributed by atoms with Crippen LogP contribution in [0.1, 0.15) is 62.2 Å². The van der Waals surface area contributed by atoms with Gasteiger partial charge in [-0.15, -0.1) is 0 Å². The fourth-order valence-corrected chi connectivity index (χ4v) is 6.12. The number of anilines is 1. The van der Waals surface area contributed by atoms with Crippen LogP contribution in [0, 0.1) is 11.3 Å². The molecule has 2 bridgehead atoms. The topological polar surface area (TPSA) is 133 Å². The number of rotatable bonds is 9. The van der Waals surface area contributed by atoms with Crippen molar-refractivity contribution >= 4 is 58.3 Å². The van der Waals surface area contributed by atoms with E-state index in [1.807, 2.05) is 6.92 Å². The molecule has 5 fully saturated rings. The van der Waals surface area contributed by atoms with E-state index in [0.29, 0.717) is 6.42 Å². The van der Waals surface area contributed by atoms with Crippen molar-refractivity contribution in [3.63, 3.8) is 0 Å². The molecule has 0 radical (unpaired) electrons. The van der Waals surface area contributed by atoms with Crippen molar-refractivity contribution < 1.29 is 28.4 Å². The van der Waals surface area contributed by atoms with E-state index in [-0.39, 0.29) is 65.0 Å². The number of amides is 4. The molecule has 4 amide bonds. The van der Waals surface area contributed by atoms with Gasteiger partial charge in [0.25, 0.3) is 11.8 Å². The van der Waals surface area contributed by atoms with Gasteiger partial charge in [-0.3, -0.25) is 24.0 Å². The van der Waals surface area contributed by atoms with E-state index in [2.05, 4.69) is 21.3 Å². The largest absolute Gasteiger partial charge is 0.353 e. The molecule has 1 aromatic rings. The molecular weight excluding hydrogens is 526 g/mol. The van der Waals surface area contributed by atoms with Crippen LogP contribution >= 0.6 is 23.2 Å². The van der Waals surface area contributed by atoms with Crippen LogP contribution in [0.5, 0.6) is 0 Å². The molecule has 5 aliphatic rings. The summed E-state index contributed by atoms with van der Waals surface area (Å²) in [5.41, 5.74) is -2.25. The Kier molecular flexibility index (Phi) is 6.47. The van der Waals surface area contributed by atoms with Crippen LogP contribution < -0.4 is 21.3 Å².